The molecular weight excluding hydrogens is 404 g/mol. The van der Waals surface area contributed by atoms with Gasteiger partial charge in [0.25, 0.3) is 0 Å². The Morgan fingerprint density at radius 3 is 2.33 bits per heavy atom. The number of fused-ring (bicyclic) bond motifs is 3. The molecule has 0 radical (unpaired) electrons. The molecule has 0 spiro atoms. The molecule has 0 amide bonds. The summed E-state index contributed by atoms with van der Waals surface area (Å²) in [4.78, 5) is 8.96. The van der Waals surface area contributed by atoms with Gasteiger partial charge in [-0.1, -0.05) is 24.3 Å². The lowest BCUT2D eigenvalue weighted by molar-refractivity contribution is 0.356. The Balaban J connectivity index is 1.75. The topological polar surface area (TPSA) is 109 Å². The molecule has 2 aromatic heterocycles. The molecule has 1 atom stereocenters. The number of rotatable bonds is 6. The van der Waals surface area contributed by atoms with E-state index in [1.807, 2.05) is 28.8 Å². The summed E-state index contributed by atoms with van der Waals surface area (Å²) in [6.45, 7) is 2.14. The average molecular weight is 426 g/mol. The summed E-state index contributed by atoms with van der Waals surface area (Å²) >= 11 is 0. The Bertz CT molecular complexity index is 1330. The van der Waals surface area contributed by atoms with Gasteiger partial charge >= 0.3 is 0 Å². The number of sulfonamides is 1. The molecule has 8 nitrogen and oxygen atoms in total. The first-order valence-corrected chi connectivity index (χ1v) is 10.9. The molecule has 2 aromatic carbocycles. The van der Waals surface area contributed by atoms with Crippen molar-refractivity contribution in [3.05, 3.63) is 60.0 Å². The molecule has 1 unspecified atom stereocenters. The Kier molecular flexibility index (Phi) is 5.08. The lowest BCUT2D eigenvalue weighted by Gasteiger charge is -2.12. The highest BCUT2D eigenvalue weighted by molar-refractivity contribution is 7.89. The summed E-state index contributed by atoms with van der Waals surface area (Å²) in [7, 11) is -0.442. The van der Waals surface area contributed by atoms with E-state index in [9.17, 15) is 8.42 Å². The third-order valence-corrected chi connectivity index (χ3v) is 6.50. The molecule has 0 fully saturated rings. The number of ether oxygens (including phenoxy) is 2. The van der Waals surface area contributed by atoms with Crippen molar-refractivity contribution in [2.24, 2.45) is 5.14 Å². The number of nitrogens with two attached hydrogens (primary N) is 1. The van der Waals surface area contributed by atoms with Crippen LogP contribution in [0.3, 0.4) is 0 Å². The van der Waals surface area contributed by atoms with Gasteiger partial charge in [0.2, 0.25) is 10.0 Å². The number of benzene rings is 2. The number of imidazole rings is 1. The normalized spacial score (nSPS) is 12.9. The molecule has 2 N–H and O–H groups in total. The van der Waals surface area contributed by atoms with Crippen molar-refractivity contribution in [1.82, 2.24) is 14.5 Å². The molecule has 0 aliphatic rings. The van der Waals surface area contributed by atoms with E-state index in [2.05, 4.69) is 9.97 Å². The van der Waals surface area contributed by atoms with Crippen LogP contribution >= 0.6 is 0 Å². The fourth-order valence-corrected chi connectivity index (χ4v) is 4.02. The molecule has 0 bridgehead atoms. The van der Waals surface area contributed by atoms with Gasteiger partial charge in [-0.15, -0.1) is 0 Å². The van der Waals surface area contributed by atoms with Crippen LogP contribution in [0, 0.1) is 0 Å². The van der Waals surface area contributed by atoms with E-state index < -0.39 is 15.3 Å². The molecule has 156 valence electrons. The second-order valence-corrected chi connectivity index (χ2v) is 8.95. The van der Waals surface area contributed by atoms with Crippen molar-refractivity contribution in [3.8, 4) is 11.5 Å². The molecule has 0 saturated carbocycles. The Morgan fingerprint density at radius 2 is 1.70 bits per heavy atom. The van der Waals surface area contributed by atoms with Gasteiger partial charge in [-0.05, 0) is 24.1 Å². The van der Waals surface area contributed by atoms with Crippen LogP contribution in [0.1, 0.15) is 23.3 Å². The zero-order valence-corrected chi connectivity index (χ0v) is 17.7. The molecule has 2 heterocycles. The predicted octanol–water partition coefficient (Wildman–Crippen LogP) is 3.00. The number of hydrogen-bond acceptors (Lipinski definition) is 6. The van der Waals surface area contributed by atoms with Crippen LogP contribution in [0.15, 0.2) is 48.9 Å². The van der Waals surface area contributed by atoms with Gasteiger partial charge in [0.05, 0.1) is 43.0 Å². The van der Waals surface area contributed by atoms with E-state index in [4.69, 9.17) is 14.6 Å². The first-order chi connectivity index (χ1) is 14.3. The van der Waals surface area contributed by atoms with Crippen molar-refractivity contribution in [2.45, 2.75) is 18.7 Å². The number of methoxy groups -OCH3 is 2. The monoisotopic (exact) mass is 426 g/mol. The third kappa shape index (κ3) is 3.57. The second-order valence-electron chi connectivity index (χ2n) is 7.06. The van der Waals surface area contributed by atoms with Crippen LogP contribution in [0.5, 0.6) is 11.5 Å². The van der Waals surface area contributed by atoms with E-state index in [-0.39, 0.29) is 0 Å². The standard InChI is InChI=1S/C21H22N4O4S/c1-13(30(22,26)27)15-6-4-14(5-7-15)11-25-12-24-18-10-23-17-9-20(29-3)19(28-2)8-16(17)21(18)25/h4-10,12-13H,11H2,1-3H3,(H2,22,26,27). The van der Waals surface area contributed by atoms with Crippen LogP contribution in [0.25, 0.3) is 21.9 Å². The first-order valence-electron chi connectivity index (χ1n) is 9.28. The van der Waals surface area contributed by atoms with E-state index in [0.29, 0.717) is 23.6 Å². The zero-order valence-electron chi connectivity index (χ0n) is 16.9. The molecule has 0 saturated heterocycles. The van der Waals surface area contributed by atoms with E-state index >= 15 is 0 Å². The number of aromatic nitrogens is 3. The highest BCUT2D eigenvalue weighted by Crippen LogP contribution is 2.34. The summed E-state index contributed by atoms with van der Waals surface area (Å²) in [5.74, 6) is 1.23. The maximum absolute atomic E-state index is 11.6. The minimum atomic E-state index is -3.63. The zero-order chi connectivity index (χ0) is 21.5. The quantitative estimate of drug-likeness (QED) is 0.508. The maximum atomic E-state index is 11.6. The van der Waals surface area contributed by atoms with Crippen LogP contribution in [-0.4, -0.2) is 37.2 Å². The van der Waals surface area contributed by atoms with Crippen LogP contribution in [-0.2, 0) is 16.6 Å². The van der Waals surface area contributed by atoms with Gasteiger partial charge in [0.15, 0.2) is 11.5 Å². The molecule has 4 rings (SSSR count). The molecule has 0 aliphatic carbocycles. The van der Waals surface area contributed by atoms with Gasteiger partial charge in [0.1, 0.15) is 5.52 Å². The van der Waals surface area contributed by atoms with Crippen LogP contribution < -0.4 is 14.6 Å². The second kappa shape index (κ2) is 7.58. The highest BCUT2D eigenvalue weighted by atomic mass is 32.2. The van der Waals surface area contributed by atoms with Crippen LogP contribution in [0.2, 0.25) is 0 Å². The van der Waals surface area contributed by atoms with Crippen LogP contribution in [0.4, 0.5) is 0 Å². The largest absolute Gasteiger partial charge is 0.493 e. The van der Waals surface area contributed by atoms with E-state index in [1.54, 1.807) is 45.8 Å². The molecule has 9 heteroatoms. The summed E-state index contributed by atoms with van der Waals surface area (Å²) in [5, 5.41) is 5.41. The first kappa shape index (κ1) is 20.1. The summed E-state index contributed by atoms with van der Waals surface area (Å²) in [6, 6.07) is 11.1. The molecular formula is C21H22N4O4S. The third-order valence-electron chi connectivity index (χ3n) is 5.24. The van der Waals surface area contributed by atoms with Gasteiger partial charge < -0.3 is 14.0 Å². The smallest absolute Gasteiger partial charge is 0.215 e. The molecule has 4 aromatic rings. The van der Waals surface area contributed by atoms with Gasteiger partial charge in [-0.25, -0.2) is 18.5 Å². The minimum Gasteiger partial charge on any atom is -0.493 e. The number of primary sulfonamides is 1. The Labute approximate surface area is 174 Å². The number of hydrogen-bond donors (Lipinski definition) is 1. The number of pyridine rings is 1. The Morgan fingerprint density at radius 1 is 1.03 bits per heavy atom. The van der Waals surface area contributed by atoms with E-state index in [1.165, 1.54) is 0 Å². The lowest BCUT2D eigenvalue weighted by atomic mass is 10.1. The van der Waals surface area contributed by atoms with Gasteiger partial charge in [-0.2, -0.15) is 0 Å². The minimum absolute atomic E-state index is 0.563. The fourth-order valence-electron chi connectivity index (χ4n) is 3.48. The van der Waals surface area contributed by atoms with E-state index in [0.717, 1.165) is 27.5 Å². The molecule has 30 heavy (non-hydrogen) atoms. The highest BCUT2D eigenvalue weighted by Gasteiger charge is 2.18. The number of nitrogens with zero attached hydrogens (tertiary/aromatic N) is 3. The van der Waals surface area contributed by atoms with Gasteiger partial charge in [-0.3, -0.25) is 4.98 Å². The lowest BCUT2D eigenvalue weighted by Crippen LogP contribution is -2.19. The molecule has 0 aliphatic heterocycles. The predicted molar refractivity (Wildman–Crippen MR) is 115 cm³/mol. The van der Waals surface area contributed by atoms with Crippen molar-refractivity contribution < 1.29 is 17.9 Å². The van der Waals surface area contributed by atoms with Crippen molar-refractivity contribution >= 4 is 32.0 Å². The van der Waals surface area contributed by atoms with Crippen molar-refractivity contribution in [1.29, 1.82) is 0 Å². The summed E-state index contributed by atoms with van der Waals surface area (Å²) in [5.41, 5.74) is 4.14. The Hall–Kier alpha value is -3.17. The summed E-state index contributed by atoms with van der Waals surface area (Å²) in [6.07, 6.45) is 3.50. The maximum Gasteiger partial charge on any atom is 0.215 e. The SMILES string of the molecule is COc1cc2ncc3ncn(Cc4ccc(C(C)S(N)(=O)=O)cc4)c3c2cc1OC. The average Bonchev–Trinajstić information content (AvgIpc) is 3.15. The fraction of sp³-hybridized carbons (Fsp3) is 0.238. The summed E-state index contributed by atoms with van der Waals surface area (Å²) < 4.78 is 36.0. The van der Waals surface area contributed by atoms with Crippen molar-refractivity contribution in [3.63, 3.8) is 0 Å². The van der Waals surface area contributed by atoms with Gasteiger partial charge in [0, 0.05) is 18.0 Å². The van der Waals surface area contributed by atoms with Crippen molar-refractivity contribution in [2.75, 3.05) is 14.2 Å².